The molecular formula is C22H29N3O3. The van der Waals surface area contributed by atoms with Crippen LogP contribution in [0.5, 0.6) is 5.75 Å². The van der Waals surface area contributed by atoms with Crippen LogP contribution in [0.25, 0.3) is 21.8 Å². The fourth-order valence-corrected chi connectivity index (χ4v) is 2.79. The number of ether oxygens (including phenoxy) is 1. The Kier molecular flexibility index (Phi) is 7.58. The molecule has 0 saturated carbocycles. The molecule has 1 aromatic heterocycles. The van der Waals surface area contributed by atoms with Gasteiger partial charge in [0.15, 0.2) is 5.78 Å². The Morgan fingerprint density at radius 1 is 1.14 bits per heavy atom. The number of carbonyl (C=O) groups excluding carboxylic acids is 2. The highest BCUT2D eigenvalue weighted by Gasteiger charge is 2.17. The van der Waals surface area contributed by atoms with Crippen LogP contribution < -0.4 is 15.8 Å². The van der Waals surface area contributed by atoms with E-state index < -0.39 is 0 Å². The Labute approximate surface area is 165 Å². The van der Waals surface area contributed by atoms with Gasteiger partial charge in [-0.15, -0.1) is 0 Å². The molecule has 0 aliphatic carbocycles. The summed E-state index contributed by atoms with van der Waals surface area (Å²) in [5, 5.41) is 4.88. The normalized spacial score (nSPS) is 12.8. The number of aromatic nitrogens is 1. The zero-order chi connectivity index (χ0) is 20.7. The molecule has 1 amide bonds. The Balaban J connectivity index is 0.000000242. The number of rotatable bonds is 6. The molecule has 3 aromatic rings. The topological polar surface area (TPSA) is 97.2 Å². The van der Waals surface area contributed by atoms with Crippen LogP contribution in [0.4, 0.5) is 0 Å². The van der Waals surface area contributed by atoms with Crippen LogP contribution in [-0.4, -0.2) is 36.4 Å². The minimum Gasteiger partial charge on any atom is -0.486 e. The number of nitrogens with two attached hydrogens (primary N) is 1. The summed E-state index contributed by atoms with van der Waals surface area (Å²) < 4.78 is 5.40. The van der Waals surface area contributed by atoms with Crippen LogP contribution in [0.15, 0.2) is 42.5 Å². The number of carbonyl (C=O) groups is 2. The molecule has 2 atom stereocenters. The Morgan fingerprint density at radius 3 is 2.46 bits per heavy atom. The average molecular weight is 383 g/mol. The van der Waals surface area contributed by atoms with Crippen molar-refractivity contribution in [1.29, 1.82) is 0 Å². The van der Waals surface area contributed by atoms with E-state index in [1.54, 1.807) is 7.05 Å². The molecule has 0 saturated heterocycles. The highest BCUT2D eigenvalue weighted by Crippen LogP contribution is 2.28. The minimum absolute atomic E-state index is 0.0201. The average Bonchev–Trinajstić information content (AvgIpc) is 3.08. The second-order valence-electron chi connectivity index (χ2n) is 6.89. The number of hydrogen-bond acceptors (Lipinski definition) is 4. The molecule has 150 valence electrons. The van der Waals surface area contributed by atoms with Crippen molar-refractivity contribution in [3.8, 4) is 5.75 Å². The third-order valence-corrected chi connectivity index (χ3v) is 4.73. The highest BCUT2D eigenvalue weighted by molar-refractivity contribution is 6.07. The first-order chi connectivity index (χ1) is 13.4. The molecular weight excluding hydrogens is 354 g/mol. The number of fused-ring (bicyclic) bond motifs is 3. The van der Waals surface area contributed by atoms with E-state index in [1.807, 2.05) is 50.2 Å². The van der Waals surface area contributed by atoms with Gasteiger partial charge in [0.25, 0.3) is 0 Å². The molecule has 6 heteroatoms. The lowest BCUT2D eigenvalue weighted by Crippen LogP contribution is -2.43. The van der Waals surface area contributed by atoms with E-state index in [1.165, 1.54) is 17.7 Å². The second-order valence-corrected chi connectivity index (χ2v) is 6.89. The first-order valence-electron chi connectivity index (χ1n) is 9.47. The summed E-state index contributed by atoms with van der Waals surface area (Å²) in [6.45, 7) is 5.63. The summed E-state index contributed by atoms with van der Waals surface area (Å²) in [5.74, 6) is 0.922. The number of H-pyrrole nitrogens is 1. The summed E-state index contributed by atoms with van der Waals surface area (Å²) in [5.41, 5.74) is 7.70. The predicted octanol–water partition coefficient (Wildman–Crippen LogP) is 3.39. The fraction of sp³-hybridized carbons (Fsp3) is 0.364. The number of hydrogen-bond donors (Lipinski definition) is 3. The Bertz CT molecular complexity index is 949. The summed E-state index contributed by atoms with van der Waals surface area (Å²) in [7, 11) is 1.60. The lowest BCUT2D eigenvalue weighted by atomic mass is 10.00. The Hall–Kier alpha value is -2.86. The number of ketones is 1. The van der Waals surface area contributed by atoms with Gasteiger partial charge in [-0.05, 0) is 31.0 Å². The maximum atomic E-state index is 10.9. The van der Waals surface area contributed by atoms with Crippen molar-refractivity contribution in [3.63, 3.8) is 0 Å². The van der Waals surface area contributed by atoms with Crippen LogP contribution in [0.2, 0.25) is 0 Å². The quantitative estimate of drug-likeness (QED) is 0.608. The van der Waals surface area contributed by atoms with E-state index >= 15 is 0 Å². The lowest BCUT2D eigenvalue weighted by Gasteiger charge is -2.15. The number of para-hydroxylation sites is 1. The van der Waals surface area contributed by atoms with E-state index in [-0.39, 0.29) is 30.3 Å². The van der Waals surface area contributed by atoms with E-state index in [9.17, 15) is 9.59 Å². The molecule has 0 aliphatic rings. The molecule has 0 spiro atoms. The van der Waals surface area contributed by atoms with Crippen molar-refractivity contribution in [3.05, 3.63) is 42.5 Å². The Morgan fingerprint density at radius 2 is 1.82 bits per heavy atom. The zero-order valence-electron chi connectivity index (χ0n) is 16.9. The van der Waals surface area contributed by atoms with Crippen molar-refractivity contribution in [2.24, 2.45) is 11.7 Å². The molecule has 28 heavy (non-hydrogen) atoms. The summed E-state index contributed by atoms with van der Waals surface area (Å²) in [6.07, 6.45) is 0.939. The highest BCUT2D eigenvalue weighted by atomic mass is 16.5. The molecule has 1 unspecified atom stereocenters. The van der Waals surface area contributed by atoms with Gasteiger partial charge in [0.05, 0.1) is 11.6 Å². The van der Waals surface area contributed by atoms with Crippen molar-refractivity contribution in [1.82, 2.24) is 10.3 Å². The van der Waals surface area contributed by atoms with E-state index in [2.05, 4.69) is 16.4 Å². The summed E-state index contributed by atoms with van der Waals surface area (Å²) in [4.78, 5) is 25.1. The van der Waals surface area contributed by atoms with E-state index in [4.69, 9.17) is 10.5 Å². The molecule has 0 radical (unpaired) electrons. The largest absolute Gasteiger partial charge is 0.486 e. The van der Waals surface area contributed by atoms with Gasteiger partial charge in [0.1, 0.15) is 12.4 Å². The van der Waals surface area contributed by atoms with Crippen molar-refractivity contribution in [2.45, 2.75) is 33.2 Å². The number of Topliss-reactive ketones (excluding diaryl/α,β-unsaturated/α-hetero) is 1. The van der Waals surface area contributed by atoms with Gasteiger partial charge in [0.2, 0.25) is 5.91 Å². The number of nitrogens with one attached hydrogen (secondary N) is 2. The zero-order valence-corrected chi connectivity index (χ0v) is 16.9. The molecule has 3 rings (SSSR count). The molecule has 6 nitrogen and oxygen atoms in total. The number of likely N-dealkylation sites (N-methyl/N-ethyl adjacent to an activating group) is 1. The lowest BCUT2D eigenvalue weighted by molar-refractivity contribution is -0.123. The van der Waals surface area contributed by atoms with Crippen LogP contribution in [0.1, 0.15) is 27.2 Å². The van der Waals surface area contributed by atoms with E-state index in [0.717, 1.165) is 17.5 Å². The van der Waals surface area contributed by atoms with Gasteiger partial charge < -0.3 is 20.8 Å². The maximum absolute atomic E-state index is 10.9. The minimum atomic E-state index is -0.352. The smallest absolute Gasteiger partial charge is 0.236 e. The molecule has 0 bridgehead atoms. The summed E-state index contributed by atoms with van der Waals surface area (Å²) >= 11 is 0. The van der Waals surface area contributed by atoms with Crippen molar-refractivity contribution in [2.75, 3.05) is 13.7 Å². The first kappa shape index (κ1) is 21.4. The monoisotopic (exact) mass is 383 g/mol. The predicted molar refractivity (Wildman–Crippen MR) is 113 cm³/mol. The number of amides is 1. The van der Waals surface area contributed by atoms with Crippen LogP contribution in [0.3, 0.4) is 0 Å². The van der Waals surface area contributed by atoms with Crippen LogP contribution in [-0.2, 0) is 9.59 Å². The third kappa shape index (κ3) is 5.33. The first-order valence-corrected chi connectivity index (χ1v) is 9.47. The second kappa shape index (κ2) is 9.90. The third-order valence-electron chi connectivity index (χ3n) is 4.73. The molecule has 4 N–H and O–H groups in total. The van der Waals surface area contributed by atoms with E-state index in [0.29, 0.717) is 5.75 Å². The number of benzene rings is 2. The SMILES string of the molecule is CC(=O)COc1ccc2c(c1)[nH]c1ccccc12.CCC(C)[C@@H](N)C(=O)NC. The molecule has 2 aromatic carbocycles. The summed E-state index contributed by atoms with van der Waals surface area (Å²) in [6, 6.07) is 13.7. The van der Waals surface area contributed by atoms with Crippen LogP contribution >= 0.6 is 0 Å². The standard InChI is InChI=1S/C15H13NO2.C7H16N2O/c1-10(17)9-18-11-6-7-13-12-4-2-3-5-14(12)16-15(13)8-11;1-4-5(2)6(8)7(10)9-3/h2-8,16H,9H2,1H3;5-6H,4,8H2,1-3H3,(H,9,10)/t;5?,6-/m.1/s1. The number of aromatic amines is 1. The van der Waals surface area contributed by atoms with Gasteiger partial charge >= 0.3 is 0 Å². The maximum Gasteiger partial charge on any atom is 0.236 e. The van der Waals surface area contributed by atoms with Gasteiger partial charge in [0, 0.05) is 29.4 Å². The molecule has 1 heterocycles. The van der Waals surface area contributed by atoms with Crippen molar-refractivity contribution >= 4 is 33.5 Å². The van der Waals surface area contributed by atoms with Gasteiger partial charge in [-0.2, -0.15) is 0 Å². The van der Waals surface area contributed by atoms with Crippen molar-refractivity contribution < 1.29 is 14.3 Å². The molecule has 0 fully saturated rings. The fourth-order valence-electron chi connectivity index (χ4n) is 2.79. The van der Waals surface area contributed by atoms with Gasteiger partial charge in [-0.25, -0.2) is 0 Å². The van der Waals surface area contributed by atoms with Gasteiger partial charge in [-0.1, -0.05) is 38.5 Å². The molecule has 0 aliphatic heterocycles. The van der Waals surface area contributed by atoms with Gasteiger partial charge in [-0.3, -0.25) is 9.59 Å². The van der Waals surface area contributed by atoms with Crippen LogP contribution in [0, 0.1) is 5.92 Å².